The number of alkyl halides is 2. The van der Waals surface area contributed by atoms with Crippen molar-refractivity contribution < 1.29 is 26.4 Å². The van der Waals surface area contributed by atoms with Crippen LogP contribution < -0.4 is 5.32 Å². The number of benzene rings is 1. The third kappa shape index (κ3) is 4.38. The molecule has 0 radical (unpaired) electrons. The van der Waals surface area contributed by atoms with Gasteiger partial charge in [-0.2, -0.15) is 8.78 Å². The summed E-state index contributed by atoms with van der Waals surface area (Å²) >= 11 is 0.412. The molecule has 1 N–H and O–H groups in total. The Kier molecular flexibility index (Phi) is 5.11. The first kappa shape index (κ1) is 15.7. The van der Waals surface area contributed by atoms with Gasteiger partial charge in [0.15, 0.2) is 11.6 Å². The van der Waals surface area contributed by atoms with E-state index in [0.717, 1.165) is 6.07 Å². The molecule has 2 aromatic rings. The molecule has 0 amide bonds. The summed E-state index contributed by atoms with van der Waals surface area (Å²) in [5.41, 5.74) is -0.340. The predicted octanol–water partition coefficient (Wildman–Crippen LogP) is 4.76. The molecule has 0 aliphatic heterocycles. The maximum Gasteiger partial charge on any atom is 0.284 e. The summed E-state index contributed by atoms with van der Waals surface area (Å²) in [4.78, 5) is 0. The average molecular weight is 323 g/mol. The van der Waals surface area contributed by atoms with Crippen molar-refractivity contribution in [2.45, 2.75) is 18.1 Å². The van der Waals surface area contributed by atoms with Crippen LogP contribution in [0.5, 0.6) is 0 Å². The third-order valence-electron chi connectivity index (χ3n) is 2.51. The number of halogens is 5. The molecule has 0 aliphatic carbocycles. The molecule has 1 aromatic carbocycles. The van der Waals surface area contributed by atoms with Gasteiger partial charge in [0.25, 0.3) is 5.76 Å². The second-order valence-electron chi connectivity index (χ2n) is 4.04. The fourth-order valence-corrected chi connectivity index (χ4v) is 2.05. The van der Waals surface area contributed by atoms with Gasteiger partial charge in [-0.15, -0.1) is 0 Å². The number of anilines is 1. The van der Waals surface area contributed by atoms with Crippen LogP contribution in [0.1, 0.15) is 11.5 Å². The first-order valence-corrected chi connectivity index (χ1v) is 6.86. The van der Waals surface area contributed by atoms with Crippen molar-refractivity contribution in [1.82, 2.24) is 0 Å². The van der Waals surface area contributed by atoms with Gasteiger partial charge < -0.3 is 9.73 Å². The molecule has 1 heterocycles. The Labute approximate surface area is 121 Å². The van der Waals surface area contributed by atoms with E-state index in [2.05, 4.69) is 5.32 Å². The number of hydrogen-bond donors (Lipinski definition) is 1. The topological polar surface area (TPSA) is 25.2 Å². The Morgan fingerprint density at radius 2 is 1.81 bits per heavy atom. The van der Waals surface area contributed by atoms with Gasteiger partial charge in [-0.25, -0.2) is 13.2 Å². The summed E-state index contributed by atoms with van der Waals surface area (Å²) in [7, 11) is 0. The average Bonchev–Trinajstić information content (AvgIpc) is 2.87. The highest BCUT2D eigenvalue weighted by atomic mass is 32.2. The maximum atomic E-state index is 13.4. The third-order valence-corrected chi connectivity index (χ3v) is 3.22. The second-order valence-corrected chi connectivity index (χ2v) is 5.02. The standard InChI is InChI=1S/C13H10F5NOS/c14-7-3-10(15)12(16)11(4-7)19-5-8-1-2-9(20-8)6-21-13(17)18/h1-4,13,19H,5-6H2. The van der Waals surface area contributed by atoms with Crippen molar-refractivity contribution in [2.24, 2.45) is 0 Å². The Hall–Kier alpha value is -1.70. The summed E-state index contributed by atoms with van der Waals surface area (Å²) < 4.78 is 68.6. The Balaban J connectivity index is 1.97. The molecule has 21 heavy (non-hydrogen) atoms. The van der Waals surface area contributed by atoms with Gasteiger partial charge >= 0.3 is 0 Å². The molecule has 0 atom stereocenters. The van der Waals surface area contributed by atoms with E-state index in [0.29, 0.717) is 29.3 Å². The van der Waals surface area contributed by atoms with Crippen LogP contribution in [0.2, 0.25) is 0 Å². The molecular weight excluding hydrogens is 313 g/mol. The van der Waals surface area contributed by atoms with E-state index >= 15 is 0 Å². The quantitative estimate of drug-likeness (QED) is 0.613. The fraction of sp³-hybridized carbons (Fsp3) is 0.231. The summed E-state index contributed by atoms with van der Waals surface area (Å²) in [5, 5.41) is 2.49. The van der Waals surface area contributed by atoms with Crippen molar-refractivity contribution in [3.05, 3.63) is 53.2 Å². The van der Waals surface area contributed by atoms with Crippen LogP contribution in [-0.4, -0.2) is 5.76 Å². The lowest BCUT2D eigenvalue weighted by Crippen LogP contribution is -2.03. The zero-order valence-electron chi connectivity index (χ0n) is 10.5. The minimum atomic E-state index is -2.50. The van der Waals surface area contributed by atoms with E-state index < -0.39 is 23.2 Å². The van der Waals surface area contributed by atoms with Crippen LogP contribution >= 0.6 is 11.8 Å². The van der Waals surface area contributed by atoms with Crippen molar-refractivity contribution >= 4 is 17.4 Å². The molecule has 0 fully saturated rings. The SMILES string of the molecule is Fc1cc(F)c(F)c(NCc2ccc(CSC(F)F)o2)c1. The Bertz CT molecular complexity index is 617. The molecule has 0 saturated carbocycles. The smallest absolute Gasteiger partial charge is 0.284 e. The number of hydrogen-bond acceptors (Lipinski definition) is 3. The summed E-state index contributed by atoms with van der Waals surface area (Å²) in [6.07, 6.45) is 0. The van der Waals surface area contributed by atoms with E-state index in [1.54, 1.807) is 0 Å². The molecule has 8 heteroatoms. The monoisotopic (exact) mass is 323 g/mol. The highest BCUT2D eigenvalue weighted by Gasteiger charge is 2.12. The molecular formula is C13H10F5NOS. The van der Waals surface area contributed by atoms with Gasteiger partial charge in [0.2, 0.25) is 0 Å². The van der Waals surface area contributed by atoms with E-state index in [1.165, 1.54) is 12.1 Å². The van der Waals surface area contributed by atoms with E-state index in [9.17, 15) is 22.0 Å². The lowest BCUT2D eigenvalue weighted by molar-refractivity contribution is 0.251. The molecule has 0 bridgehead atoms. The summed E-state index contributed by atoms with van der Waals surface area (Å²) in [5.74, 6) is -5.24. The van der Waals surface area contributed by atoms with Crippen molar-refractivity contribution in [3.63, 3.8) is 0 Å². The highest BCUT2D eigenvalue weighted by molar-refractivity contribution is 7.98. The number of nitrogens with one attached hydrogen (secondary N) is 1. The van der Waals surface area contributed by atoms with E-state index in [1.807, 2.05) is 0 Å². The van der Waals surface area contributed by atoms with Gasteiger partial charge in [-0.3, -0.25) is 0 Å². The molecule has 2 rings (SSSR count). The van der Waals surface area contributed by atoms with Crippen LogP contribution in [-0.2, 0) is 12.3 Å². The Morgan fingerprint density at radius 3 is 2.52 bits per heavy atom. The minimum absolute atomic E-state index is 0.000616. The zero-order valence-corrected chi connectivity index (χ0v) is 11.3. The second kappa shape index (κ2) is 6.84. The first-order chi connectivity index (χ1) is 9.95. The molecule has 0 saturated heterocycles. The van der Waals surface area contributed by atoms with Crippen LogP contribution in [0.15, 0.2) is 28.7 Å². The molecule has 114 valence electrons. The van der Waals surface area contributed by atoms with Crippen molar-refractivity contribution in [2.75, 3.05) is 5.32 Å². The van der Waals surface area contributed by atoms with Crippen molar-refractivity contribution in [1.29, 1.82) is 0 Å². The maximum absolute atomic E-state index is 13.4. The highest BCUT2D eigenvalue weighted by Crippen LogP contribution is 2.23. The lowest BCUT2D eigenvalue weighted by Gasteiger charge is -2.06. The fourth-order valence-electron chi connectivity index (χ4n) is 1.61. The van der Waals surface area contributed by atoms with Gasteiger partial charge in [0, 0.05) is 12.1 Å². The van der Waals surface area contributed by atoms with Gasteiger partial charge in [-0.1, -0.05) is 11.8 Å². The number of thioether (sulfide) groups is 1. The van der Waals surface area contributed by atoms with Crippen LogP contribution in [0, 0.1) is 17.5 Å². The van der Waals surface area contributed by atoms with Gasteiger partial charge in [-0.05, 0) is 12.1 Å². The minimum Gasteiger partial charge on any atom is -0.463 e. The molecule has 1 aromatic heterocycles. The summed E-state index contributed by atoms with van der Waals surface area (Å²) in [6.45, 7) is -0.0286. The normalized spacial score (nSPS) is 11.1. The molecule has 0 aliphatic rings. The molecule has 0 unspecified atom stereocenters. The van der Waals surface area contributed by atoms with Crippen molar-refractivity contribution in [3.8, 4) is 0 Å². The van der Waals surface area contributed by atoms with Crippen LogP contribution in [0.3, 0.4) is 0 Å². The van der Waals surface area contributed by atoms with Gasteiger partial charge in [0.1, 0.15) is 17.3 Å². The zero-order chi connectivity index (χ0) is 15.4. The molecule has 2 nitrogen and oxygen atoms in total. The largest absolute Gasteiger partial charge is 0.463 e. The summed E-state index contributed by atoms with van der Waals surface area (Å²) in [6, 6.07) is 4.28. The predicted molar refractivity (Wildman–Crippen MR) is 69.6 cm³/mol. The van der Waals surface area contributed by atoms with Crippen LogP contribution in [0.4, 0.5) is 27.6 Å². The van der Waals surface area contributed by atoms with E-state index in [-0.39, 0.29) is 18.0 Å². The Morgan fingerprint density at radius 1 is 1.10 bits per heavy atom. The molecule has 0 spiro atoms. The van der Waals surface area contributed by atoms with E-state index in [4.69, 9.17) is 4.42 Å². The van der Waals surface area contributed by atoms with Crippen LogP contribution in [0.25, 0.3) is 0 Å². The number of rotatable bonds is 6. The lowest BCUT2D eigenvalue weighted by atomic mass is 10.2. The van der Waals surface area contributed by atoms with Gasteiger partial charge in [0.05, 0.1) is 18.0 Å². The number of furan rings is 1. The first-order valence-electron chi connectivity index (χ1n) is 5.81.